The molecule has 0 fully saturated rings. The zero-order chi connectivity index (χ0) is 23.2. The Kier molecular flexibility index (Phi) is 4.78. The van der Waals surface area contributed by atoms with E-state index in [1.807, 2.05) is 0 Å². The molecule has 0 saturated heterocycles. The third-order valence-corrected chi connectivity index (χ3v) is 6.90. The van der Waals surface area contributed by atoms with Gasteiger partial charge in [0.2, 0.25) is 5.89 Å². The molecule has 0 saturated carbocycles. The summed E-state index contributed by atoms with van der Waals surface area (Å²) < 4.78 is 37.5. The highest BCUT2D eigenvalue weighted by Gasteiger charge is 2.37. The summed E-state index contributed by atoms with van der Waals surface area (Å²) >= 11 is 0. The Bertz CT molecular complexity index is 1510. The van der Waals surface area contributed by atoms with Crippen molar-refractivity contribution in [2.24, 2.45) is 0 Å². The zero-order valence-corrected chi connectivity index (χ0v) is 17.6. The summed E-state index contributed by atoms with van der Waals surface area (Å²) in [6.07, 6.45) is 0. The van der Waals surface area contributed by atoms with Gasteiger partial charge in [-0.25, -0.2) is 8.42 Å². The number of hydrogen-bond donors (Lipinski definition) is 0. The van der Waals surface area contributed by atoms with Crippen LogP contribution in [0.15, 0.2) is 70.0 Å². The summed E-state index contributed by atoms with van der Waals surface area (Å²) in [5.74, 6) is -0.704. The van der Waals surface area contributed by atoms with Crippen LogP contribution in [0.4, 0.5) is 11.4 Å². The van der Waals surface area contributed by atoms with Gasteiger partial charge in [-0.3, -0.25) is 19.2 Å². The fraction of sp³-hybridized carbons (Fsp3) is 0.0952. The van der Waals surface area contributed by atoms with Crippen molar-refractivity contribution in [1.82, 2.24) is 10.2 Å². The molecule has 1 aliphatic rings. The minimum absolute atomic E-state index is 0.00799. The lowest BCUT2D eigenvalue weighted by atomic mass is 10.1. The molecule has 0 amide bonds. The summed E-state index contributed by atoms with van der Waals surface area (Å²) in [6, 6.07) is 15.6. The first-order valence-corrected chi connectivity index (χ1v) is 11.1. The number of non-ortho nitro benzene ring substituents is 1. The molecule has 3 aromatic carbocycles. The van der Waals surface area contributed by atoms with Gasteiger partial charge in [-0.2, -0.15) is 0 Å². The number of nitro groups is 1. The van der Waals surface area contributed by atoms with E-state index < -0.39 is 27.5 Å². The number of benzene rings is 3. The van der Waals surface area contributed by atoms with E-state index in [0.717, 1.165) is 9.69 Å². The van der Waals surface area contributed by atoms with Gasteiger partial charge in [0.1, 0.15) is 6.54 Å². The van der Waals surface area contributed by atoms with Gasteiger partial charge < -0.3 is 9.15 Å². The highest BCUT2D eigenvalue weighted by molar-refractivity contribution is 7.93. The highest BCUT2D eigenvalue weighted by atomic mass is 32.2. The Morgan fingerprint density at radius 1 is 1.06 bits per heavy atom. The average molecular weight is 466 g/mol. The first kappa shape index (κ1) is 20.6. The molecule has 0 radical (unpaired) electrons. The number of nitrogens with zero attached hydrogens (tertiary/aromatic N) is 4. The summed E-state index contributed by atoms with van der Waals surface area (Å²) in [5.41, 5.74) is 0.792. The average Bonchev–Trinajstić information content (AvgIpc) is 3.37. The van der Waals surface area contributed by atoms with Crippen molar-refractivity contribution in [2.45, 2.75) is 11.5 Å². The van der Waals surface area contributed by atoms with E-state index in [1.165, 1.54) is 30.3 Å². The van der Waals surface area contributed by atoms with E-state index in [4.69, 9.17) is 9.15 Å². The van der Waals surface area contributed by atoms with Gasteiger partial charge in [0.25, 0.3) is 21.6 Å². The van der Waals surface area contributed by atoms with E-state index in [2.05, 4.69) is 10.2 Å². The Labute approximate surface area is 186 Å². The van der Waals surface area contributed by atoms with Crippen molar-refractivity contribution in [3.05, 3.63) is 76.7 Å². The summed E-state index contributed by atoms with van der Waals surface area (Å²) in [6.45, 7) is -0.872. The van der Waals surface area contributed by atoms with Gasteiger partial charge in [-0.15, -0.1) is 10.2 Å². The summed E-state index contributed by atoms with van der Waals surface area (Å²) in [4.78, 5) is 22.8. The minimum atomic E-state index is -3.88. The van der Waals surface area contributed by atoms with Gasteiger partial charge >= 0.3 is 5.97 Å². The number of carbonyl (C=O) groups is 1. The fourth-order valence-corrected chi connectivity index (χ4v) is 5.24. The number of esters is 1. The molecule has 4 aromatic rings. The fourth-order valence-electron chi connectivity index (χ4n) is 3.59. The maximum Gasteiger partial charge on any atom is 0.327 e. The lowest BCUT2D eigenvalue weighted by molar-refractivity contribution is -0.384. The number of hydrogen-bond acceptors (Lipinski definition) is 9. The Hall–Kier alpha value is -4.32. The van der Waals surface area contributed by atoms with Crippen LogP contribution < -0.4 is 4.31 Å². The van der Waals surface area contributed by atoms with Crippen LogP contribution in [0.2, 0.25) is 0 Å². The highest BCUT2D eigenvalue weighted by Crippen LogP contribution is 2.41. The molecule has 0 aliphatic carbocycles. The Morgan fingerprint density at radius 3 is 2.52 bits per heavy atom. The van der Waals surface area contributed by atoms with E-state index in [0.29, 0.717) is 16.6 Å². The standard InChI is InChI=1S/C21H14N4O7S/c26-19(11-24-16-5-1-3-13-4-2-6-17(20(13)16)33(24,29)30)31-12-18-22-23-21(32-18)14-7-9-15(10-8-14)25(27)28/h1-10H,11-12H2. The van der Waals surface area contributed by atoms with Gasteiger partial charge in [-0.05, 0) is 29.7 Å². The normalized spacial score (nSPS) is 13.9. The molecule has 0 unspecified atom stereocenters. The first-order chi connectivity index (χ1) is 15.8. The monoisotopic (exact) mass is 466 g/mol. The van der Waals surface area contributed by atoms with Gasteiger partial charge in [0.05, 0.1) is 15.5 Å². The Balaban J connectivity index is 1.28. The molecule has 166 valence electrons. The predicted octanol–water partition coefficient (Wildman–Crippen LogP) is 3.05. The van der Waals surface area contributed by atoms with Crippen molar-refractivity contribution < 1.29 is 27.3 Å². The van der Waals surface area contributed by atoms with Gasteiger partial charge in [-0.1, -0.05) is 24.3 Å². The van der Waals surface area contributed by atoms with Crippen LogP contribution in [-0.2, 0) is 26.2 Å². The molecule has 0 spiro atoms. The van der Waals surface area contributed by atoms with Crippen LogP contribution in [0.3, 0.4) is 0 Å². The second-order valence-corrected chi connectivity index (χ2v) is 8.94. The van der Waals surface area contributed by atoms with E-state index >= 15 is 0 Å². The first-order valence-electron chi connectivity index (χ1n) is 9.62. The summed E-state index contributed by atoms with van der Waals surface area (Å²) in [5, 5.41) is 19.7. The van der Waals surface area contributed by atoms with Crippen molar-refractivity contribution >= 4 is 38.1 Å². The Morgan fingerprint density at radius 2 is 1.79 bits per heavy atom. The van der Waals surface area contributed by atoms with Gasteiger partial charge in [0, 0.05) is 23.1 Å². The number of sulfonamides is 1. The molecule has 1 aromatic heterocycles. The molecule has 11 nitrogen and oxygen atoms in total. The van der Waals surface area contributed by atoms with Crippen molar-refractivity contribution in [3.63, 3.8) is 0 Å². The number of carbonyl (C=O) groups excluding carboxylic acids is 1. The van der Waals surface area contributed by atoms with Crippen LogP contribution in [0.1, 0.15) is 5.89 Å². The van der Waals surface area contributed by atoms with Crippen molar-refractivity contribution in [2.75, 3.05) is 10.8 Å². The van der Waals surface area contributed by atoms with Crippen molar-refractivity contribution in [1.29, 1.82) is 0 Å². The maximum atomic E-state index is 12.9. The molecule has 12 heteroatoms. The number of ether oxygens (including phenoxy) is 1. The number of nitro benzene ring substituents is 1. The molecule has 1 aliphatic heterocycles. The lowest BCUT2D eigenvalue weighted by Crippen LogP contribution is -2.33. The van der Waals surface area contributed by atoms with Gasteiger partial charge in [0.15, 0.2) is 6.61 Å². The quantitative estimate of drug-likeness (QED) is 0.238. The zero-order valence-electron chi connectivity index (χ0n) is 16.7. The number of aromatic nitrogens is 2. The van der Waals surface area contributed by atoms with E-state index in [-0.39, 0.29) is 29.0 Å². The second-order valence-electron chi connectivity index (χ2n) is 7.11. The largest absolute Gasteiger partial charge is 0.454 e. The SMILES string of the molecule is O=C(CN1c2cccc3cccc(c23)S1(=O)=O)OCc1nnc(-c2ccc([N+](=O)[O-])cc2)o1. The van der Waals surface area contributed by atoms with Crippen LogP contribution in [0.25, 0.3) is 22.2 Å². The molecule has 2 heterocycles. The van der Waals surface area contributed by atoms with Crippen LogP contribution >= 0.6 is 0 Å². The molecular formula is C21H14N4O7S. The van der Waals surface area contributed by atoms with Crippen molar-refractivity contribution in [3.8, 4) is 11.5 Å². The van der Waals surface area contributed by atoms with E-state index in [9.17, 15) is 23.3 Å². The topological polar surface area (TPSA) is 146 Å². The summed E-state index contributed by atoms with van der Waals surface area (Å²) in [7, 11) is -3.88. The second kappa shape index (κ2) is 7.67. The molecule has 0 N–H and O–H groups in total. The smallest absolute Gasteiger partial charge is 0.327 e. The molecule has 0 bridgehead atoms. The third-order valence-electron chi connectivity index (χ3n) is 5.10. The molecular weight excluding hydrogens is 452 g/mol. The number of anilines is 1. The maximum absolute atomic E-state index is 12.9. The number of rotatable bonds is 6. The third kappa shape index (κ3) is 3.55. The van der Waals surface area contributed by atoms with E-state index in [1.54, 1.807) is 30.3 Å². The predicted molar refractivity (Wildman–Crippen MR) is 115 cm³/mol. The van der Waals surface area contributed by atoms with Crippen LogP contribution in [-0.4, -0.2) is 36.1 Å². The van der Waals surface area contributed by atoms with Crippen LogP contribution in [0, 0.1) is 10.1 Å². The molecule has 33 heavy (non-hydrogen) atoms. The van der Waals surface area contributed by atoms with Crippen LogP contribution in [0.5, 0.6) is 0 Å². The molecule has 5 rings (SSSR count). The minimum Gasteiger partial charge on any atom is -0.454 e. The lowest BCUT2D eigenvalue weighted by Gasteiger charge is -2.17. The molecule has 0 atom stereocenters.